The number of rotatable bonds is 3. The van der Waals surface area contributed by atoms with Crippen LogP contribution in [0.25, 0.3) is 0 Å². The predicted octanol–water partition coefficient (Wildman–Crippen LogP) is -0.976. The van der Waals surface area contributed by atoms with E-state index in [1.54, 1.807) is 0 Å². The molecule has 0 aromatic rings. The van der Waals surface area contributed by atoms with Crippen LogP contribution in [0.3, 0.4) is 0 Å². The molecule has 0 nitrogen and oxygen atoms in total. The Morgan fingerprint density at radius 1 is 1.38 bits per heavy atom. The molecule has 0 spiro atoms. The minimum Gasteiger partial charge on any atom is -1.00 e. The molecule has 0 aliphatic heterocycles. The van der Waals surface area contributed by atoms with Crippen LogP contribution >= 0.6 is 0 Å². The summed E-state index contributed by atoms with van der Waals surface area (Å²) in [6.45, 7) is 4.32. The standard InChI is InChI=1S/C6H13.HI.Mg/c1-3-5-6-4-2;;/h3H,4-6H2,1-2H3;1H;/q-1;;+2/p-1. The van der Waals surface area contributed by atoms with E-state index < -0.39 is 0 Å². The van der Waals surface area contributed by atoms with Crippen molar-refractivity contribution in [3.05, 3.63) is 6.42 Å². The Hall–Kier alpha value is 1.50. The van der Waals surface area contributed by atoms with E-state index in [9.17, 15) is 0 Å². The second kappa shape index (κ2) is 15.8. The van der Waals surface area contributed by atoms with Crippen molar-refractivity contribution in [2.45, 2.75) is 33.1 Å². The molecule has 0 rings (SSSR count). The largest absolute Gasteiger partial charge is 2.00 e. The summed E-state index contributed by atoms with van der Waals surface area (Å²) in [6, 6.07) is 0. The van der Waals surface area contributed by atoms with Gasteiger partial charge in [-0.05, 0) is 0 Å². The van der Waals surface area contributed by atoms with Crippen LogP contribution in [-0.4, -0.2) is 23.1 Å². The van der Waals surface area contributed by atoms with Crippen LogP contribution in [-0.2, 0) is 0 Å². The first-order valence-electron chi connectivity index (χ1n) is 2.69. The number of hydrogen-bond donors (Lipinski definition) is 0. The van der Waals surface area contributed by atoms with E-state index in [0.717, 1.165) is 0 Å². The Labute approximate surface area is 86.0 Å². The van der Waals surface area contributed by atoms with Crippen molar-refractivity contribution in [1.82, 2.24) is 0 Å². The van der Waals surface area contributed by atoms with Crippen LogP contribution in [0.1, 0.15) is 33.1 Å². The number of hydrogen-bond acceptors (Lipinski definition) is 0. The van der Waals surface area contributed by atoms with Gasteiger partial charge in [0, 0.05) is 0 Å². The molecule has 0 atom stereocenters. The smallest absolute Gasteiger partial charge is 1.00 e. The number of halogens is 1. The van der Waals surface area contributed by atoms with Gasteiger partial charge < -0.3 is 30.4 Å². The molecule has 2 heteroatoms. The van der Waals surface area contributed by atoms with Crippen molar-refractivity contribution >= 4 is 23.1 Å². The third-order valence-corrected chi connectivity index (χ3v) is 0.846. The van der Waals surface area contributed by atoms with Gasteiger partial charge >= 0.3 is 23.1 Å². The van der Waals surface area contributed by atoms with Crippen LogP contribution < -0.4 is 24.0 Å². The van der Waals surface area contributed by atoms with Crippen molar-refractivity contribution < 1.29 is 24.0 Å². The van der Waals surface area contributed by atoms with Gasteiger partial charge in [0.2, 0.25) is 0 Å². The SMILES string of the molecule is C[CH-]CCCC.[I-].[Mg+2]. The van der Waals surface area contributed by atoms with Gasteiger partial charge in [-0.25, -0.2) is 0 Å². The molecule has 0 unspecified atom stereocenters. The van der Waals surface area contributed by atoms with E-state index in [-0.39, 0.29) is 47.0 Å². The molecular weight excluding hydrogens is 223 g/mol. The Morgan fingerprint density at radius 2 is 1.88 bits per heavy atom. The second-order valence-electron chi connectivity index (χ2n) is 1.55. The van der Waals surface area contributed by atoms with Crippen LogP contribution in [0.2, 0.25) is 0 Å². The van der Waals surface area contributed by atoms with Gasteiger partial charge in [0.1, 0.15) is 0 Å². The zero-order valence-electron chi connectivity index (χ0n) is 5.78. The van der Waals surface area contributed by atoms with E-state index in [4.69, 9.17) is 0 Å². The normalized spacial score (nSPS) is 6.75. The minimum absolute atomic E-state index is 0. The molecular formula is C6H13IMg. The third kappa shape index (κ3) is 15.6. The van der Waals surface area contributed by atoms with E-state index >= 15 is 0 Å². The Bertz CT molecular complexity index is 20.5. The van der Waals surface area contributed by atoms with Gasteiger partial charge in [-0.2, -0.15) is 13.3 Å². The monoisotopic (exact) mass is 236 g/mol. The Morgan fingerprint density at radius 3 is 2.00 bits per heavy atom. The first-order chi connectivity index (χ1) is 2.91. The Kier molecular flexibility index (Phi) is 32.1. The Balaban J connectivity index is -0.000000125. The van der Waals surface area contributed by atoms with Crippen molar-refractivity contribution in [2.24, 2.45) is 0 Å². The van der Waals surface area contributed by atoms with Crippen LogP contribution in [0.15, 0.2) is 0 Å². The van der Waals surface area contributed by atoms with E-state index in [1.807, 2.05) is 0 Å². The van der Waals surface area contributed by atoms with Crippen LogP contribution in [0.4, 0.5) is 0 Å². The molecule has 0 saturated carbocycles. The van der Waals surface area contributed by atoms with Crippen LogP contribution in [0.5, 0.6) is 0 Å². The van der Waals surface area contributed by atoms with Crippen molar-refractivity contribution in [3.8, 4) is 0 Å². The average Bonchev–Trinajstić information content (AvgIpc) is 1.61. The molecule has 46 valence electrons. The maximum absolute atomic E-state index is 2.21. The van der Waals surface area contributed by atoms with Crippen molar-refractivity contribution in [1.29, 1.82) is 0 Å². The fourth-order valence-corrected chi connectivity index (χ4v) is 0.408. The molecule has 0 heterocycles. The first kappa shape index (κ1) is 16.2. The molecule has 0 aliphatic carbocycles. The van der Waals surface area contributed by atoms with E-state index in [1.165, 1.54) is 19.3 Å². The summed E-state index contributed by atoms with van der Waals surface area (Å²) in [5.74, 6) is 0. The van der Waals surface area contributed by atoms with Gasteiger partial charge in [0.05, 0.1) is 0 Å². The van der Waals surface area contributed by atoms with Gasteiger partial charge in [0.15, 0.2) is 0 Å². The quantitative estimate of drug-likeness (QED) is 0.256. The molecule has 0 aliphatic rings. The zero-order valence-corrected chi connectivity index (χ0v) is 9.36. The maximum Gasteiger partial charge on any atom is 2.00 e. The summed E-state index contributed by atoms with van der Waals surface area (Å²) in [5, 5.41) is 0. The van der Waals surface area contributed by atoms with Crippen molar-refractivity contribution in [3.63, 3.8) is 0 Å². The molecule has 0 amide bonds. The minimum atomic E-state index is 0. The summed E-state index contributed by atoms with van der Waals surface area (Å²) in [4.78, 5) is 0. The molecule has 0 bridgehead atoms. The number of unbranched alkanes of at least 4 members (excludes halogenated alkanes) is 3. The van der Waals surface area contributed by atoms with Gasteiger partial charge in [-0.15, -0.1) is 0 Å². The zero-order chi connectivity index (χ0) is 4.83. The summed E-state index contributed by atoms with van der Waals surface area (Å²) >= 11 is 0. The topological polar surface area (TPSA) is 0 Å². The molecule has 0 aromatic heterocycles. The second-order valence-corrected chi connectivity index (χ2v) is 1.55. The van der Waals surface area contributed by atoms with E-state index in [2.05, 4.69) is 20.3 Å². The average molecular weight is 236 g/mol. The first-order valence-corrected chi connectivity index (χ1v) is 2.69. The summed E-state index contributed by atoms with van der Waals surface area (Å²) in [5.41, 5.74) is 0. The fourth-order valence-electron chi connectivity index (χ4n) is 0.408. The molecule has 0 fully saturated rings. The molecule has 0 aromatic carbocycles. The summed E-state index contributed by atoms with van der Waals surface area (Å²) in [6.07, 6.45) is 6.18. The van der Waals surface area contributed by atoms with Gasteiger partial charge in [0.25, 0.3) is 0 Å². The van der Waals surface area contributed by atoms with Crippen LogP contribution in [0, 0.1) is 6.42 Å². The fraction of sp³-hybridized carbons (Fsp3) is 0.833. The molecule has 8 heavy (non-hydrogen) atoms. The third-order valence-electron chi connectivity index (χ3n) is 0.846. The van der Waals surface area contributed by atoms with E-state index in [0.29, 0.717) is 0 Å². The predicted molar refractivity (Wildman–Crippen MR) is 35.3 cm³/mol. The van der Waals surface area contributed by atoms with Gasteiger partial charge in [-0.3, -0.25) is 0 Å². The summed E-state index contributed by atoms with van der Waals surface area (Å²) < 4.78 is 0. The molecule has 0 radical (unpaired) electrons. The summed E-state index contributed by atoms with van der Waals surface area (Å²) in [7, 11) is 0. The van der Waals surface area contributed by atoms with Gasteiger partial charge in [-0.1, -0.05) is 19.8 Å². The molecule has 0 saturated heterocycles. The van der Waals surface area contributed by atoms with Crippen molar-refractivity contribution in [2.75, 3.05) is 0 Å². The molecule has 0 N–H and O–H groups in total. The maximum atomic E-state index is 2.21.